The molecule has 0 N–H and O–H groups in total. The molecule has 1 unspecified atom stereocenters. The van der Waals surface area contributed by atoms with Crippen molar-refractivity contribution in [3.63, 3.8) is 0 Å². The fourth-order valence-corrected chi connectivity index (χ4v) is 0.361. The first-order valence-electron chi connectivity index (χ1n) is 3.17. The lowest BCUT2D eigenvalue weighted by molar-refractivity contribution is 0.0572. The molecule has 52 valence electrons. The molecule has 0 saturated carbocycles. The molecule has 0 rings (SSSR count). The van der Waals surface area contributed by atoms with Crippen molar-refractivity contribution in [1.29, 1.82) is 5.26 Å². The van der Waals surface area contributed by atoms with Gasteiger partial charge in [0.2, 0.25) is 0 Å². The van der Waals surface area contributed by atoms with Gasteiger partial charge >= 0.3 is 0 Å². The van der Waals surface area contributed by atoms with E-state index in [4.69, 9.17) is 10.00 Å². The van der Waals surface area contributed by atoms with Crippen LogP contribution in [0.1, 0.15) is 20.8 Å². The van der Waals surface area contributed by atoms with Gasteiger partial charge in [0.15, 0.2) is 0 Å². The first kappa shape index (κ1) is 8.45. The van der Waals surface area contributed by atoms with Crippen LogP contribution in [0.5, 0.6) is 0 Å². The average molecular weight is 127 g/mol. The molecule has 0 fully saturated rings. The van der Waals surface area contributed by atoms with Crippen LogP contribution in [0.25, 0.3) is 0 Å². The highest BCUT2D eigenvalue weighted by Crippen LogP contribution is 2.03. The third-order valence-electron chi connectivity index (χ3n) is 1.35. The Morgan fingerprint density at radius 3 is 2.33 bits per heavy atom. The molecular formula is C7H13NO. The molecule has 9 heavy (non-hydrogen) atoms. The van der Waals surface area contributed by atoms with Gasteiger partial charge in [-0.25, -0.2) is 0 Å². The Hall–Kier alpha value is -0.550. The Labute approximate surface area is 56.4 Å². The molecule has 0 radical (unpaired) electrons. The highest BCUT2D eigenvalue weighted by molar-refractivity contribution is 4.68. The first-order chi connectivity index (χ1) is 4.18. The Balaban J connectivity index is 3.29. The molecule has 0 aromatic carbocycles. The van der Waals surface area contributed by atoms with Crippen LogP contribution in [0.15, 0.2) is 0 Å². The Morgan fingerprint density at radius 1 is 1.44 bits per heavy atom. The minimum absolute atomic E-state index is 0.199. The summed E-state index contributed by atoms with van der Waals surface area (Å²) in [6, 6.07) is 1.93. The first-order valence-corrected chi connectivity index (χ1v) is 3.17. The Kier molecular flexibility index (Phi) is 4.08. The van der Waals surface area contributed by atoms with Gasteiger partial charge in [-0.1, -0.05) is 13.8 Å². The summed E-state index contributed by atoms with van der Waals surface area (Å²) in [6.07, 6.45) is 0.199. The summed E-state index contributed by atoms with van der Waals surface area (Å²) >= 11 is 0. The largest absolute Gasteiger partial charge is 0.363 e. The number of rotatable bonds is 3. The van der Waals surface area contributed by atoms with Gasteiger partial charge in [-0.3, -0.25) is 0 Å². The number of nitriles is 1. The van der Waals surface area contributed by atoms with Crippen LogP contribution in [-0.2, 0) is 4.74 Å². The molecule has 0 amide bonds. The Bertz CT molecular complexity index is 104. The van der Waals surface area contributed by atoms with E-state index < -0.39 is 0 Å². The van der Waals surface area contributed by atoms with E-state index in [1.165, 1.54) is 0 Å². The van der Waals surface area contributed by atoms with Gasteiger partial charge < -0.3 is 4.74 Å². The normalized spacial score (nSPS) is 13.2. The summed E-state index contributed by atoms with van der Waals surface area (Å²) in [7, 11) is 0. The van der Waals surface area contributed by atoms with Crippen molar-refractivity contribution < 1.29 is 4.74 Å². The minimum atomic E-state index is 0.199. The lowest BCUT2D eigenvalue weighted by atomic mass is 10.1. The van der Waals surface area contributed by atoms with Crippen LogP contribution in [-0.4, -0.2) is 12.7 Å². The summed E-state index contributed by atoms with van der Waals surface area (Å²) in [5, 5.41) is 8.12. The molecule has 0 saturated heterocycles. The Morgan fingerprint density at radius 2 is 2.00 bits per heavy atom. The maximum Gasteiger partial charge on any atom is 0.134 e. The highest BCUT2D eigenvalue weighted by Gasteiger charge is 2.04. The zero-order chi connectivity index (χ0) is 7.28. The maximum absolute atomic E-state index is 8.12. The molecule has 2 nitrogen and oxygen atoms in total. The monoisotopic (exact) mass is 127 g/mol. The van der Waals surface area contributed by atoms with Gasteiger partial charge in [0.1, 0.15) is 6.61 Å². The second kappa shape index (κ2) is 4.34. The summed E-state index contributed by atoms with van der Waals surface area (Å²) < 4.78 is 5.09. The van der Waals surface area contributed by atoms with Crippen molar-refractivity contribution in [3.8, 4) is 6.07 Å². The van der Waals surface area contributed by atoms with Crippen LogP contribution in [0.2, 0.25) is 0 Å². The van der Waals surface area contributed by atoms with E-state index in [1.807, 2.05) is 13.0 Å². The number of nitrogens with zero attached hydrogens (tertiary/aromatic N) is 1. The van der Waals surface area contributed by atoms with Gasteiger partial charge in [-0.05, 0) is 12.8 Å². The summed E-state index contributed by atoms with van der Waals surface area (Å²) in [5.74, 6) is 0.498. The van der Waals surface area contributed by atoms with E-state index in [9.17, 15) is 0 Å². The molecule has 0 aromatic rings. The minimum Gasteiger partial charge on any atom is -0.363 e. The summed E-state index contributed by atoms with van der Waals surface area (Å²) in [4.78, 5) is 0. The zero-order valence-corrected chi connectivity index (χ0v) is 6.22. The molecule has 0 spiro atoms. The SMILES string of the molecule is CC(C)C(C)OCC#N. The highest BCUT2D eigenvalue weighted by atomic mass is 16.5. The van der Waals surface area contributed by atoms with Crippen LogP contribution >= 0.6 is 0 Å². The van der Waals surface area contributed by atoms with E-state index in [0.717, 1.165) is 0 Å². The second-order valence-electron chi connectivity index (χ2n) is 2.42. The van der Waals surface area contributed by atoms with Crippen molar-refractivity contribution in [2.75, 3.05) is 6.61 Å². The van der Waals surface area contributed by atoms with Crippen LogP contribution in [0.3, 0.4) is 0 Å². The van der Waals surface area contributed by atoms with Crippen molar-refractivity contribution in [2.24, 2.45) is 5.92 Å². The molecule has 2 heteroatoms. The smallest absolute Gasteiger partial charge is 0.134 e. The molecule has 0 bridgehead atoms. The fraction of sp³-hybridized carbons (Fsp3) is 0.857. The molecule has 1 atom stereocenters. The van der Waals surface area contributed by atoms with Crippen LogP contribution in [0, 0.1) is 17.2 Å². The van der Waals surface area contributed by atoms with Crippen molar-refractivity contribution in [2.45, 2.75) is 26.9 Å². The van der Waals surface area contributed by atoms with Gasteiger partial charge in [-0.2, -0.15) is 5.26 Å². The van der Waals surface area contributed by atoms with Crippen molar-refractivity contribution >= 4 is 0 Å². The zero-order valence-electron chi connectivity index (χ0n) is 6.22. The van der Waals surface area contributed by atoms with Gasteiger partial charge in [0, 0.05) is 0 Å². The molecule has 0 aromatic heterocycles. The summed E-state index contributed by atoms with van der Waals surface area (Å²) in [6.45, 7) is 6.32. The molecule has 0 aliphatic carbocycles. The third-order valence-corrected chi connectivity index (χ3v) is 1.35. The van der Waals surface area contributed by atoms with E-state index in [-0.39, 0.29) is 12.7 Å². The van der Waals surface area contributed by atoms with Gasteiger partial charge in [0.05, 0.1) is 12.2 Å². The van der Waals surface area contributed by atoms with E-state index in [0.29, 0.717) is 5.92 Å². The maximum atomic E-state index is 8.12. The number of hydrogen-bond acceptors (Lipinski definition) is 2. The lowest BCUT2D eigenvalue weighted by Crippen LogP contribution is -2.15. The van der Waals surface area contributed by atoms with Gasteiger partial charge in [-0.15, -0.1) is 0 Å². The quantitative estimate of drug-likeness (QED) is 0.576. The third kappa shape index (κ3) is 3.99. The van der Waals surface area contributed by atoms with Crippen molar-refractivity contribution in [1.82, 2.24) is 0 Å². The van der Waals surface area contributed by atoms with E-state index in [2.05, 4.69) is 13.8 Å². The molecule has 0 aliphatic heterocycles. The lowest BCUT2D eigenvalue weighted by Gasteiger charge is -2.13. The van der Waals surface area contributed by atoms with E-state index >= 15 is 0 Å². The predicted octanol–water partition coefficient (Wildman–Crippen LogP) is 1.57. The second-order valence-corrected chi connectivity index (χ2v) is 2.42. The van der Waals surface area contributed by atoms with E-state index in [1.54, 1.807) is 0 Å². The molecular weight excluding hydrogens is 114 g/mol. The topological polar surface area (TPSA) is 33.0 Å². The van der Waals surface area contributed by atoms with Crippen LogP contribution < -0.4 is 0 Å². The molecule has 0 heterocycles. The number of hydrogen-bond donors (Lipinski definition) is 0. The summed E-state index contributed by atoms with van der Waals surface area (Å²) in [5.41, 5.74) is 0. The standard InChI is InChI=1S/C7H13NO/c1-6(2)7(3)9-5-4-8/h6-7H,5H2,1-3H3. The predicted molar refractivity (Wildman–Crippen MR) is 35.9 cm³/mol. The average Bonchev–Trinajstić information content (AvgIpc) is 1.82. The van der Waals surface area contributed by atoms with Crippen LogP contribution in [0.4, 0.5) is 0 Å². The fourth-order valence-electron chi connectivity index (χ4n) is 0.361. The number of ether oxygens (including phenoxy) is 1. The van der Waals surface area contributed by atoms with Gasteiger partial charge in [0.25, 0.3) is 0 Å². The molecule has 0 aliphatic rings. The van der Waals surface area contributed by atoms with Crippen molar-refractivity contribution in [3.05, 3.63) is 0 Å².